The van der Waals surface area contributed by atoms with Gasteiger partial charge in [0.05, 0.1) is 18.1 Å². The molecule has 0 atom stereocenters. The first-order valence-electron chi connectivity index (χ1n) is 4.84. The van der Waals surface area contributed by atoms with E-state index in [9.17, 15) is 8.42 Å². The quantitative estimate of drug-likeness (QED) is 0.791. The lowest BCUT2D eigenvalue weighted by molar-refractivity contribution is 0.600. The fraction of sp³-hybridized carbons (Fsp3) is 0. The van der Waals surface area contributed by atoms with Crippen molar-refractivity contribution < 1.29 is 8.42 Å². The average Bonchev–Trinajstić information content (AvgIpc) is 2.32. The SMILES string of the molecule is Nc1ncc(S(=O)(=O)Nc2ccccc2I)cn1. The van der Waals surface area contributed by atoms with E-state index in [1.54, 1.807) is 18.2 Å². The lowest BCUT2D eigenvalue weighted by Gasteiger charge is -2.08. The van der Waals surface area contributed by atoms with E-state index >= 15 is 0 Å². The van der Waals surface area contributed by atoms with Gasteiger partial charge in [0, 0.05) is 3.57 Å². The molecule has 0 aliphatic heterocycles. The van der Waals surface area contributed by atoms with Crippen molar-refractivity contribution in [3.05, 3.63) is 40.2 Å². The Hall–Kier alpha value is -1.42. The minimum absolute atomic E-state index is 0.0308. The minimum Gasteiger partial charge on any atom is -0.368 e. The number of nitrogens with two attached hydrogens (primary N) is 1. The molecule has 2 aromatic rings. The molecule has 1 aromatic carbocycles. The summed E-state index contributed by atoms with van der Waals surface area (Å²) < 4.78 is 27.3. The maximum atomic E-state index is 12.0. The van der Waals surface area contributed by atoms with Crippen LogP contribution in [0.2, 0.25) is 0 Å². The molecule has 0 aliphatic rings. The number of aromatic nitrogens is 2. The number of nitrogens with zero attached hydrogens (tertiary/aromatic N) is 2. The van der Waals surface area contributed by atoms with E-state index in [0.29, 0.717) is 5.69 Å². The van der Waals surface area contributed by atoms with Crippen molar-refractivity contribution in [2.75, 3.05) is 10.5 Å². The topological polar surface area (TPSA) is 98.0 Å². The summed E-state index contributed by atoms with van der Waals surface area (Å²) in [6.07, 6.45) is 2.33. The highest BCUT2D eigenvalue weighted by molar-refractivity contribution is 14.1. The number of hydrogen-bond donors (Lipinski definition) is 2. The molecule has 0 bridgehead atoms. The number of rotatable bonds is 3. The van der Waals surface area contributed by atoms with Crippen molar-refractivity contribution in [3.63, 3.8) is 0 Å². The van der Waals surface area contributed by atoms with Gasteiger partial charge in [0.1, 0.15) is 4.90 Å². The second kappa shape index (κ2) is 5.06. The second-order valence-electron chi connectivity index (χ2n) is 3.36. The van der Waals surface area contributed by atoms with Crippen LogP contribution in [0.1, 0.15) is 0 Å². The third kappa shape index (κ3) is 2.88. The Bertz CT molecular complexity index is 658. The molecule has 0 aliphatic carbocycles. The van der Waals surface area contributed by atoms with Gasteiger partial charge in [0.2, 0.25) is 5.95 Å². The molecule has 0 radical (unpaired) electrons. The van der Waals surface area contributed by atoms with E-state index in [4.69, 9.17) is 5.73 Å². The lowest BCUT2D eigenvalue weighted by atomic mass is 10.3. The molecule has 0 fully saturated rings. The van der Waals surface area contributed by atoms with Crippen LogP contribution >= 0.6 is 22.6 Å². The molecule has 3 N–H and O–H groups in total. The van der Waals surface area contributed by atoms with E-state index in [2.05, 4.69) is 14.7 Å². The predicted molar refractivity (Wildman–Crippen MR) is 76.4 cm³/mol. The Kier molecular flexibility index (Phi) is 3.66. The standard InChI is InChI=1S/C10H9IN4O2S/c11-8-3-1-2-4-9(8)15-18(16,17)7-5-13-10(12)14-6-7/h1-6,15H,(H2,12,13,14). The summed E-state index contributed by atoms with van der Waals surface area (Å²) in [5.74, 6) is 0.0308. The molecular formula is C10H9IN4O2S. The number of hydrogen-bond acceptors (Lipinski definition) is 5. The first-order chi connectivity index (χ1) is 8.49. The second-order valence-corrected chi connectivity index (χ2v) is 6.21. The first kappa shape index (κ1) is 13.0. The van der Waals surface area contributed by atoms with Crippen LogP contribution in [-0.4, -0.2) is 18.4 Å². The van der Waals surface area contributed by atoms with Gasteiger partial charge in [-0.05, 0) is 34.7 Å². The summed E-state index contributed by atoms with van der Waals surface area (Å²) in [7, 11) is -3.69. The van der Waals surface area contributed by atoms with Crippen LogP contribution in [0, 0.1) is 3.57 Å². The number of anilines is 2. The normalized spacial score (nSPS) is 11.2. The maximum absolute atomic E-state index is 12.0. The zero-order valence-corrected chi connectivity index (χ0v) is 12.0. The summed E-state index contributed by atoms with van der Waals surface area (Å²) in [6.45, 7) is 0. The Morgan fingerprint density at radius 3 is 2.39 bits per heavy atom. The summed E-state index contributed by atoms with van der Waals surface area (Å²) >= 11 is 2.05. The number of nitrogens with one attached hydrogen (secondary N) is 1. The highest BCUT2D eigenvalue weighted by atomic mass is 127. The number of sulfonamides is 1. The highest BCUT2D eigenvalue weighted by Crippen LogP contribution is 2.20. The van der Waals surface area contributed by atoms with Gasteiger partial charge >= 0.3 is 0 Å². The van der Waals surface area contributed by atoms with Crippen LogP contribution in [0.3, 0.4) is 0 Å². The molecule has 1 aromatic heterocycles. The summed E-state index contributed by atoms with van der Waals surface area (Å²) in [6, 6.07) is 7.06. The van der Waals surface area contributed by atoms with Crippen LogP contribution < -0.4 is 10.5 Å². The van der Waals surface area contributed by atoms with E-state index in [1.165, 1.54) is 12.4 Å². The maximum Gasteiger partial charge on any atom is 0.265 e. The predicted octanol–water partition coefficient (Wildman–Crippen LogP) is 1.46. The van der Waals surface area contributed by atoms with E-state index in [0.717, 1.165) is 3.57 Å². The van der Waals surface area contributed by atoms with Gasteiger partial charge in [-0.25, -0.2) is 18.4 Å². The number of para-hydroxylation sites is 1. The zero-order chi connectivity index (χ0) is 13.2. The highest BCUT2D eigenvalue weighted by Gasteiger charge is 2.16. The number of halogens is 1. The summed E-state index contributed by atoms with van der Waals surface area (Å²) in [4.78, 5) is 7.28. The Morgan fingerprint density at radius 2 is 1.78 bits per heavy atom. The van der Waals surface area contributed by atoms with Crippen LogP contribution in [-0.2, 0) is 10.0 Å². The van der Waals surface area contributed by atoms with Crippen LogP contribution in [0.15, 0.2) is 41.6 Å². The van der Waals surface area contributed by atoms with Crippen LogP contribution in [0.5, 0.6) is 0 Å². The molecule has 0 saturated heterocycles. The lowest BCUT2D eigenvalue weighted by Crippen LogP contribution is -2.14. The monoisotopic (exact) mass is 376 g/mol. The van der Waals surface area contributed by atoms with Gasteiger partial charge in [0.15, 0.2) is 0 Å². The summed E-state index contributed by atoms with van der Waals surface area (Å²) in [5.41, 5.74) is 5.82. The van der Waals surface area contributed by atoms with Crippen molar-refractivity contribution in [1.29, 1.82) is 0 Å². The molecule has 0 spiro atoms. The minimum atomic E-state index is -3.69. The van der Waals surface area contributed by atoms with Crippen molar-refractivity contribution in [2.45, 2.75) is 4.90 Å². The van der Waals surface area contributed by atoms with E-state index < -0.39 is 10.0 Å². The van der Waals surface area contributed by atoms with Crippen molar-refractivity contribution >= 4 is 44.2 Å². The number of benzene rings is 1. The molecule has 8 heteroatoms. The molecule has 18 heavy (non-hydrogen) atoms. The van der Waals surface area contributed by atoms with Crippen molar-refractivity contribution in [1.82, 2.24) is 9.97 Å². The molecule has 94 valence electrons. The van der Waals surface area contributed by atoms with Crippen molar-refractivity contribution in [2.24, 2.45) is 0 Å². The third-order valence-electron chi connectivity index (χ3n) is 2.08. The van der Waals surface area contributed by atoms with Crippen LogP contribution in [0.25, 0.3) is 0 Å². The Balaban J connectivity index is 2.33. The average molecular weight is 376 g/mol. The Morgan fingerprint density at radius 1 is 1.17 bits per heavy atom. The van der Waals surface area contributed by atoms with Gasteiger partial charge in [-0.15, -0.1) is 0 Å². The van der Waals surface area contributed by atoms with Gasteiger partial charge in [-0.2, -0.15) is 0 Å². The molecule has 2 rings (SSSR count). The molecule has 0 saturated carbocycles. The third-order valence-corrected chi connectivity index (χ3v) is 4.34. The fourth-order valence-electron chi connectivity index (χ4n) is 1.21. The number of nitrogen functional groups attached to an aromatic ring is 1. The summed E-state index contributed by atoms with van der Waals surface area (Å²) in [5, 5.41) is 0. The molecule has 0 unspecified atom stereocenters. The molecule has 1 heterocycles. The Labute approximate surface area is 118 Å². The zero-order valence-electron chi connectivity index (χ0n) is 9.04. The van der Waals surface area contributed by atoms with Gasteiger partial charge in [-0.1, -0.05) is 12.1 Å². The smallest absolute Gasteiger partial charge is 0.265 e. The van der Waals surface area contributed by atoms with E-state index in [1.807, 2.05) is 28.7 Å². The van der Waals surface area contributed by atoms with Gasteiger partial charge < -0.3 is 5.73 Å². The fourth-order valence-corrected chi connectivity index (χ4v) is 2.89. The van der Waals surface area contributed by atoms with Gasteiger partial charge in [0.25, 0.3) is 10.0 Å². The van der Waals surface area contributed by atoms with E-state index in [-0.39, 0.29) is 10.8 Å². The molecule has 0 amide bonds. The van der Waals surface area contributed by atoms with Gasteiger partial charge in [-0.3, -0.25) is 4.72 Å². The molecular weight excluding hydrogens is 367 g/mol. The van der Waals surface area contributed by atoms with Crippen LogP contribution in [0.4, 0.5) is 11.6 Å². The first-order valence-corrected chi connectivity index (χ1v) is 7.40. The molecule has 6 nitrogen and oxygen atoms in total. The van der Waals surface area contributed by atoms with Crippen molar-refractivity contribution in [3.8, 4) is 0 Å². The largest absolute Gasteiger partial charge is 0.368 e.